The zero-order valence-corrected chi connectivity index (χ0v) is 13.3. The number of urea groups is 1. The van der Waals surface area contributed by atoms with E-state index in [4.69, 9.17) is 4.74 Å². The highest BCUT2D eigenvalue weighted by Gasteiger charge is 2.15. The van der Waals surface area contributed by atoms with Crippen molar-refractivity contribution in [1.82, 2.24) is 4.90 Å². The Bertz CT molecular complexity index is 447. The molecule has 0 aliphatic carbocycles. The lowest BCUT2D eigenvalue weighted by Gasteiger charge is -2.24. The van der Waals surface area contributed by atoms with Crippen LogP contribution in [0.3, 0.4) is 0 Å². The van der Waals surface area contributed by atoms with Crippen molar-refractivity contribution in [3.05, 3.63) is 29.8 Å². The van der Waals surface area contributed by atoms with Gasteiger partial charge in [-0.05, 0) is 30.5 Å². The standard InChI is InChI=1S/C16H26N2O3/c1-12(2)11-18(8-9-21-4)16(20)17-15-7-5-6-14(10-15)13(3)19/h5-7,10,12-13,19H,8-9,11H2,1-4H3,(H,17,20). The molecule has 21 heavy (non-hydrogen) atoms. The van der Waals surface area contributed by atoms with Crippen molar-refractivity contribution in [2.75, 3.05) is 32.1 Å². The van der Waals surface area contributed by atoms with Gasteiger partial charge >= 0.3 is 6.03 Å². The van der Waals surface area contributed by atoms with Crippen LogP contribution in [0.2, 0.25) is 0 Å². The molecule has 0 saturated heterocycles. The molecule has 1 aromatic carbocycles. The number of rotatable bonds is 7. The minimum atomic E-state index is -0.554. The average Bonchev–Trinajstić information content (AvgIpc) is 2.43. The Morgan fingerprint density at radius 2 is 2.10 bits per heavy atom. The fraction of sp³-hybridized carbons (Fsp3) is 0.562. The monoisotopic (exact) mass is 294 g/mol. The van der Waals surface area contributed by atoms with Crippen LogP contribution < -0.4 is 5.32 Å². The molecule has 1 unspecified atom stereocenters. The van der Waals surface area contributed by atoms with E-state index >= 15 is 0 Å². The summed E-state index contributed by atoms with van der Waals surface area (Å²) in [6.45, 7) is 7.57. The molecule has 0 aliphatic heterocycles. The molecule has 0 aromatic heterocycles. The Morgan fingerprint density at radius 1 is 1.38 bits per heavy atom. The smallest absolute Gasteiger partial charge is 0.321 e. The third-order valence-electron chi connectivity index (χ3n) is 3.06. The van der Waals surface area contributed by atoms with Gasteiger partial charge in [-0.15, -0.1) is 0 Å². The van der Waals surface area contributed by atoms with Crippen LogP contribution in [0.15, 0.2) is 24.3 Å². The van der Waals surface area contributed by atoms with Crippen molar-refractivity contribution >= 4 is 11.7 Å². The third kappa shape index (κ3) is 6.14. The van der Waals surface area contributed by atoms with E-state index in [-0.39, 0.29) is 6.03 Å². The van der Waals surface area contributed by atoms with Crippen LogP contribution in [0.25, 0.3) is 0 Å². The number of aliphatic hydroxyl groups is 1. The molecule has 118 valence electrons. The maximum atomic E-state index is 12.3. The molecule has 1 atom stereocenters. The highest BCUT2D eigenvalue weighted by atomic mass is 16.5. The van der Waals surface area contributed by atoms with Crippen molar-refractivity contribution in [2.45, 2.75) is 26.9 Å². The molecule has 5 nitrogen and oxygen atoms in total. The Hall–Kier alpha value is -1.59. The average molecular weight is 294 g/mol. The maximum absolute atomic E-state index is 12.3. The van der Waals surface area contributed by atoms with E-state index < -0.39 is 6.10 Å². The molecule has 0 saturated carbocycles. The Labute approximate surface area is 126 Å². The van der Waals surface area contributed by atoms with E-state index in [0.29, 0.717) is 31.3 Å². The number of ether oxygens (including phenoxy) is 1. The number of hydrogen-bond acceptors (Lipinski definition) is 3. The van der Waals surface area contributed by atoms with Crippen LogP contribution >= 0.6 is 0 Å². The van der Waals surface area contributed by atoms with E-state index in [0.717, 1.165) is 5.56 Å². The van der Waals surface area contributed by atoms with Crippen molar-refractivity contribution in [1.29, 1.82) is 0 Å². The molecule has 5 heteroatoms. The first-order valence-electron chi connectivity index (χ1n) is 7.27. The molecule has 1 rings (SSSR count). The van der Waals surface area contributed by atoms with Gasteiger partial charge in [-0.3, -0.25) is 0 Å². The largest absolute Gasteiger partial charge is 0.389 e. The number of carbonyl (C=O) groups is 1. The van der Waals surface area contributed by atoms with Crippen molar-refractivity contribution in [3.63, 3.8) is 0 Å². The molecular formula is C16H26N2O3. The van der Waals surface area contributed by atoms with Gasteiger partial charge in [0.25, 0.3) is 0 Å². The number of aliphatic hydroxyl groups excluding tert-OH is 1. The van der Waals surface area contributed by atoms with E-state index in [9.17, 15) is 9.90 Å². The predicted molar refractivity (Wildman–Crippen MR) is 84.4 cm³/mol. The van der Waals surface area contributed by atoms with Crippen LogP contribution in [0.4, 0.5) is 10.5 Å². The van der Waals surface area contributed by atoms with Gasteiger partial charge in [-0.1, -0.05) is 26.0 Å². The molecule has 0 fully saturated rings. The summed E-state index contributed by atoms with van der Waals surface area (Å²) in [6.07, 6.45) is -0.554. The first-order valence-corrected chi connectivity index (χ1v) is 7.27. The molecule has 0 spiro atoms. The van der Waals surface area contributed by atoms with Crippen LogP contribution in [0.5, 0.6) is 0 Å². The third-order valence-corrected chi connectivity index (χ3v) is 3.06. The fourth-order valence-corrected chi connectivity index (χ4v) is 2.00. The second kappa shape index (κ2) is 8.64. The summed E-state index contributed by atoms with van der Waals surface area (Å²) in [5.74, 6) is 0.386. The summed E-state index contributed by atoms with van der Waals surface area (Å²) < 4.78 is 5.05. The molecule has 2 N–H and O–H groups in total. The number of methoxy groups -OCH3 is 1. The number of anilines is 1. The van der Waals surface area contributed by atoms with Crippen molar-refractivity contribution in [2.24, 2.45) is 5.92 Å². The van der Waals surface area contributed by atoms with Crippen molar-refractivity contribution in [3.8, 4) is 0 Å². The first-order chi connectivity index (χ1) is 9.93. The summed E-state index contributed by atoms with van der Waals surface area (Å²) in [4.78, 5) is 14.1. The quantitative estimate of drug-likeness (QED) is 0.813. The van der Waals surface area contributed by atoms with Gasteiger partial charge in [0.15, 0.2) is 0 Å². The van der Waals surface area contributed by atoms with Crippen molar-refractivity contribution < 1.29 is 14.6 Å². The van der Waals surface area contributed by atoms with Gasteiger partial charge in [-0.25, -0.2) is 4.79 Å². The van der Waals surface area contributed by atoms with Crippen LogP contribution in [-0.2, 0) is 4.74 Å². The summed E-state index contributed by atoms with van der Waals surface area (Å²) in [7, 11) is 1.62. The summed E-state index contributed by atoms with van der Waals surface area (Å²) in [5, 5.41) is 12.5. The predicted octanol–water partition coefficient (Wildman–Crippen LogP) is 2.88. The molecule has 0 aliphatic rings. The number of nitrogens with one attached hydrogen (secondary N) is 1. The lowest BCUT2D eigenvalue weighted by Crippen LogP contribution is -2.39. The number of amides is 2. The maximum Gasteiger partial charge on any atom is 0.321 e. The lowest BCUT2D eigenvalue weighted by molar-refractivity contribution is 0.150. The van der Waals surface area contributed by atoms with E-state index in [1.165, 1.54) is 0 Å². The summed E-state index contributed by atoms with van der Waals surface area (Å²) in [6, 6.07) is 7.10. The van der Waals surface area contributed by atoms with Gasteiger partial charge in [0.05, 0.1) is 12.7 Å². The van der Waals surface area contributed by atoms with Crippen LogP contribution in [-0.4, -0.2) is 42.8 Å². The SMILES string of the molecule is COCCN(CC(C)C)C(=O)Nc1cccc(C(C)O)c1. The zero-order valence-electron chi connectivity index (χ0n) is 13.3. The second-order valence-corrected chi connectivity index (χ2v) is 5.56. The second-order valence-electron chi connectivity index (χ2n) is 5.56. The Morgan fingerprint density at radius 3 is 2.67 bits per heavy atom. The highest BCUT2D eigenvalue weighted by Crippen LogP contribution is 2.17. The van der Waals surface area contributed by atoms with Gasteiger partial charge in [0.1, 0.15) is 0 Å². The van der Waals surface area contributed by atoms with Crippen LogP contribution in [0.1, 0.15) is 32.4 Å². The van der Waals surface area contributed by atoms with Gasteiger partial charge < -0.3 is 20.1 Å². The first kappa shape index (κ1) is 17.5. The lowest BCUT2D eigenvalue weighted by atomic mass is 10.1. The van der Waals surface area contributed by atoms with Gasteiger partial charge in [0, 0.05) is 25.9 Å². The molecule has 2 amide bonds. The summed E-state index contributed by atoms with van der Waals surface area (Å²) in [5.41, 5.74) is 1.46. The molecular weight excluding hydrogens is 268 g/mol. The number of carbonyl (C=O) groups excluding carboxylic acids is 1. The number of hydrogen-bond donors (Lipinski definition) is 2. The molecule has 0 bridgehead atoms. The normalized spacial score (nSPS) is 12.3. The minimum absolute atomic E-state index is 0.150. The van der Waals surface area contributed by atoms with Crippen LogP contribution in [0, 0.1) is 5.92 Å². The van der Waals surface area contributed by atoms with E-state index in [1.807, 2.05) is 18.2 Å². The summed E-state index contributed by atoms with van der Waals surface area (Å²) >= 11 is 0. The van der Waals surface area contributed by atoms with Gasteiger partial charge in [0.2, 0.25) is 0 Å². The fourth-order valence-electron chi connectivity index (χ4n) is 2.00. The Kier molecular flexibility index (Phi) is 7.19. The van der Waals surface area contributed by atoms with Gasteiger partial charge in [-0.2, -0.15) is 0 Å². The number of benzene rings is 1. The Balaban J connectivity index is 2.73. The highest BCUT2D eigenvalue weighted by molar-refractivity contribution is 5.89. The molecule has 0 radical (unpaired) electrons. The zero-order chi connectivity index (χ0) is 15.8. The minimum Gasteiger partial charge on any atom is -0.389 e. The van der Waals surface area contributed by atoms with E-state index in [1.54, 1.807) is 25.0 Å². The molecule has 0 heterocycles. The molecule has 1 aromatic rings. The number of nitrogens with zero attached hydrogens (tertiary/aromatic N) is 1. The van der Waals surface area contributed by atoms with E-state index in [2.05, 4.69) is 19.2 Å². The topological polar surface area (TPSA) is 61.8 Å².